The van der Waals surface area contributed by atoms with Crippen LogP contribution in [0.25, 0.3) is 11.2 Å². The monoisotopic (exact) mass is 317 g/mol. The van der Waals surface area contributed by atoms with E-state index in [9.17, 15) is 0 Å². The third-order valence-corrected chi connectivity index (χ3v) is 5.88. The third kappa shape index (κ3) is 2.88. The van der Waals surface area contributed by atoms with Crippen LogP contribution in [0.5, 0.6) is 0 Å². The summed E-state index contributed by atoms with van der Waals surface area (Å²) in [6, 6.07) is 4.47. The lowest BCUT2D eigenvalue weighted by Crippen LogP contribution is -2.24. The van der Waals surface area contributed by atoms with Gasteiger partial charge < -0.3 is 9.30 Å². The van der Waals surface area contributed by atoms with Gasteiger partial charge in [0.2, 0.25) is 0 Å². The van der Waals surface area contributed by atoms with Crippen molar-refractivity contribution in [1.29, 1.82) is 0 Å². The molecule has 2 aromatic rings. The average Bonchev–Trinajstić information content (AvgIpc) is 2.94. The summed E-state index contributed by atoms with van der Waals surface area (Å²) < 4.78 is 8.11. The van der Waals surface area contributed by atoms with Crippen LogP contribution in [0, 0.1) is 5.92 Å². The first-order valence-electron chi connectivity index (χ1n) is 8.39. The van der Waals surface area contributed by atoms with Gasteiger partial charge in [-0.1, -0.05) is 0 Å². The van der Waals surface area contributed by atoms with Gasteiger partial charge in [0.1, 0.15) is 11.3 Å². The van der Waals surface area contributed by atoms with Gasteiger partial charge in [0.15, 0.2) is 5.65 Å². The Kier molecular flexibility index (Phi) is 4.35. The molecular formula is C17H23N3OS. The Morgan fingerprint density at radius 1 is 1.27 bits per heavy atom. The molecule has 118 valence electrons. The summed E-state index contributed by atoms with van der Waals surface area (Å²) in [5, 5.41) is 0. The number of nitrogens with zero attached hydrogens (tertiary/aromatic N) is 3. The average molecular weight is 317 g/mol. The van der Waals surface area contributed by atoms with Gasteiger partial charge >= 0.3 is 0 Å². The Balaban J connectivity index is 1.68. The lowest BCUT2D eigenvalue weighted by atomic mass is 9.98. The highest BCUT2D eigenvalue weighted by Gasteiger charge is 2.24. The SMILES string of the molecule is c1cnc2c(c1)nc(CC1CCSCC1)n2C1CCCOC1. The lowest BCUT2D eigenvalue weighted by Gasteiger charge is -2.27. The fourth-order valence-corrected chi connectivity index (χ4v) is 4.84. The normalized spacial score (nSPS) is 23.9. The maximum atomic E-state index is 5.72. The van der Waals surface area contributed by atoms with Crippen molar-refractivity contribution in [1.82, 2.24) is 14.5 Å². The second kappa shape index (κ2) is 6.59. The molecule has 0 saturated carbocycles. The Morgan fingerprint density at radius 2 is 2.18 bits per heavy atom. The summed E-state index contributed by atoms with van der Waals surface area (Å²) in [5.74, 6) is 4.60. The van der Waals surface area contributed by atoms with E-state index < -0.39 is 0 Å². The van der Waals surface area contributed by atoms with Crippen LogP contribution in [-0.4, -0.2) is 39.3 Å². The van der Waals surface area contributed by atoms with Crippen LogP contribution < -0.4 is 0 Å². The Morgan fingerprint density at radius 3 is 3.00 bits per heavy atom. The van der Waals surface area contributed by atoms with Gasteiger partial charge in [-0.2, -0.15) is 11.8 Å². The van der Waals surface area contributed by atoms with Crippen LogP contribution >= 0.6 is 11.8 Å². The van der Waals surface area contributed by atoms with Crippen molar-refractivity contribution in [2.75, 3.05) is 24.7 Å². The first kappa shape index (κ1) is 14.5. The first-order chi connectivity index (χ1) is 10.9. The molecule has 5 heteroatoms. The molecule has 4 nitrogen and oxygen atoms in total. The summed E-state index contributed by atoms with van der Waals surface area (Å²) in [7, 11) is 0. The maximum absolute atomic E-state index is 5.72. The second-order valence-corrected chi connectivity index (χ2v) is 7.60. The number of ether oxygens (including phenoxy) is 1. The predicted octanol–water partition coefficient (Wildman–Crippen LogP) is 3.47. The van der Waals surface area contributed by atoms with Crippen molar-refractivity contribution in [3.05, 3.63) is 24.2 Å². The highest BCUT2D eigenvalue weighted by molar-refractivity contribution is 7.99. The summed E-state index contributed by atoms with van der Waals surface area (Å²) >= 11 is 2.09. The molecule has 0 N–H and O–H groups in total. The van der Waals surface area contributed by atoms with E-state index in [1.54, 1.807) is 0 Å². The molecule has 0 aliphatic carbocycles. The zero-order valence-electron chi connectivity index (χ0n) is 12.9. The molecular weight excluding hydrogens is 294 g/mol. The standard InChI is InChI=1S/C17H23N3OS/c1-4-15-17(18-7-1)20(14-3-2-8-21-12-14)16(19-15)11-13-5-9-22-10-6-13/h1,4,7,13-14H,2-3,5-6,8-12H2. The fourth-order valence-electron chi connectivity index (χ4n) is 3.64. The van der Waals surface area contributed by atoms with Gasteiger partial charge in [0.05, 0.1) is 12.6 Å². The molecule has 0 bridgehead atoms. The molecule has 2 aromatic heterocycles. The van der Waals surface area contributed by atoms with E-state index >= 15 is 0 Å². The van der Waals surface area contributed by atoms with Crippen LogP contribution in [0.15, 0.2) is 18.3 Å². The molecule has 1 atom stereocenters. The zero-order valence-corrected chi connectivity index (χ0v) is 13.7. The van der Waals surface area contributed by atoms with Crippen LogP contribution in [0.2, 0.25) is 0 Å². The van der Waals surface area contributed by atoms with E-state index in [1.165, 1.54) is 36.6 Å². The van der Waals surface area contributed by atoms with Crippen LogP contribution in [0.1, 0.15) is 37.5 Å². The summed E-state index contributed by atoms with van der Waals surface area (Å²) in [4.78, 5) is 9.53. The third-order valence-electron chi connectivity index (χ3n) is 4.84. The van der Waals surface area contributed by atoms with Crippen molar-refractivity contribution in [3.8, 4) is 0 Å². The van der Waals surface area contributed by atoms with E-state index in [0.29, 0.717) is 6.04 Å². The summed E-state index contributed by atoms with van der Waals surface area (Å²) in [6.45, 7) is 1.70. The predicted molar refractivity (Wildman–Crippen MR) is 90.4 cm³/mol. The number of hydrogen-bond donors (Lipinski definition) is 0. The van der Waals surface area contributed by atoms with Gasteiger partial charge in [-0.15, -0.1) is 0 Å². The molecule has 0 amide bonds. The molecule has 2 saturated heterocycles. The molecule has 2 aliphatic rings. The summed E-state index contributed by atoms with van der Waals surface area (Å²) in [6.07, 6.45) is 7.93. The maximum Gasteiger partial charge on any atom is 0.160 e. The van der Waals surface area contributed by atoms with E-state index in [2.05, 4.69) is 27.4 Å². The number of rotatable bonds is 3. The van der Waals surface area contributed by atoms with E-state index in [1.807, 2.05) is 12.3 Å². The van der Waals surface area contributed by atoms with Gasteiger partial charge in [0, 0.05) is 19.2 Å². The molecule has 2 aliphatic heterocycles. The topological polar surface area (TPSA) is 39.9 Å². The lowest BCUT2D eigenvalue weighted by molar-refractivity contribution is 0.0591. The second-order valence-electron chi connectivity index (χ2n) is 6.38. The molecule has 4 rings (SSSR count). The highest BCUT2D eigenvalue weighted by Crippen LogP contribution is 2.30. The molecule has 0 spiro atoms. The molecule has 22 heavy (non-hydrogen) atoms. The van der Waals surface area contributed by atoms with Crippen molar-refractivity contribution >= 4 is 22.9 Å². The number of fused-ring (bicyclic) bond motifs is 1. The highest BCUT2D eigenvalue weighted by atomic mass is 32.2. The minimum Gasteiger partial charge on any atom is -0.379 e. The van der Waals surface area contributed by atoms with E-state index in [0.717, 1.165) is 43.1 Å². The smallest absolute Gasteiger partial charge is 0.160 e. The Labute approximate surface area is 135 Å². The number of pyridine rings is 1. The van der Waals surface area contributed by atoms with Crippen molar-refractivity contribution in [2.24, 2.45) is 5.92 Å². The van der Waals surface area contributed by atoms with Gasteiger partial charge in [0.25, 0.3) is 0 Å². The van der Waals surface area contributed by atoms with Crippen molar-refractivity contribution in [3.63, 3.8) is 0 Å². The zero-order chi connectivity index (χ0) is 14.8. The Hall–Kier alpha value is -1.07. The van der Waals surface area contributed by atoms with Gasteiger partial charge in [-0.25, -0.2) is 9.97 Å². The van der Waals surface area contributed by atoms with Crippen LogP contribution in [-0.2, 0) is 11.2 Å². The Bertz CT molecular complexity index is 630. The number of imidazole rings is 1. The van der Waals surface area contributed by atoms with E-state index in [4.69, 9.17) is 9.72 Å². The molecule has 1 unspecified atom stereocenters. The molecule has 4 heterocycles. The largest absolute Gasteiger partial charge is 0.379 e. The summed E-state index contributed by atoms with van der Waals surface area (Å²) in [5.41, 5.74) is 2.08. The fraction of sp³-hybridized carbons (Fsp3) is 0.647. The van der Waals surface area contributed by atoms with Crippen LogP contribution in [0.4, 0.5) is 0 Å². The van der Waals surface area contributed by atoms with Crippen molar-refractivity contribution < 1.29 is 4.74 Å². The molecule has 0 aromatic carbocycles. The minimum absolute atomic E-state index is 0.404. The number of hydrogen-bond acceptors (Lipinski definition) is 4. The number of aromatic nitrogens is 3. The molecule has 2 fully saturated rings. The molecule has 0 radical (unpaired) electrons. The first-order valence-corrected chi connectivity index (χ1v) is 9.54. The van der Waals surface area contributed by atoms with Gasteiger partial charge in [-0.05, 0) is 55.2 Å². The number of thioether (sulfide) groups is 1. The van der Waals surface area contributed by atoms with Crippen LogP contribution in [0.3, 0.4) is 0 Å². The minimum atomic E-state index is 0.404. The van der Waals surface area contributed by atoms with Crippen molar-refractivity contribution in [2.45, 2.75) is 38.1 Å². The van der Waals surface area contributed by atoms with E-state index in [-0.39, 0.29) is 0 Å². The van der Waals surface area contributed by atoms with Gasteiger partial charge in [-0.3, -0.25) is 0 Å². The quantitative estimate of drug-likeness (QED) is 0.869.